The topological polar surface area (TPSA) is 55.1 Å². The standard InChI is InChI=1S/C13H28N2OS/c1-10(2)9-17-8-6-7-13(5,12(14)16)15-11(3)4/h10-11,15H,6-9H2,1-5H3,(H2,14,16). The van der Waals surface area contributed by atoms with E-state index in [1.54, 1.807) is 0 Å². The van der Waals surface area contributed by atoms with Crippen LogP contribution in [0.3, 0.4) is 0 Å². The van der Waals surface area contributed by atoms with Gasteiger partial charge in [-0.15, -0.1) is 0 Å². The number of nitrogens with two attached hydrogens (primary N) is 1. The van der Waals surface area contributed by atoms with Crippen molar-refractivity contribution in [2.45, 2.75) is 59.0 Å². The van der Waals surface area contributed by atoms with Gasteiger partial charge in [-0.1, -0.05) is 13.8 Å². The molecule has 3 N–H and O–H groups in total. The summed E-state index contributed by atoms with van der Waals surface area (Å²) in [4.78, 5) is 11.5. The number of rotatable bonds is 9. The van der Waals surface area contributed by atoms with Crippen molar-refractivity contribution in [3.63, 3.8) is 0 Å². The van der Waals surface area contributed by atoms with E-state index in [9.17, 15) is 4.79 Å². The molecule has 102 valence electrons. The predicted octanol–water partition coefficient (Wildman–Crippen LogP) is 2.40. The van der Waals surface area contributed by atoms with Crippen molar-refractivity contribution in [2.75, 3.05) is 11.5 Å². The highest BCUT2D eigenvalue weighted by Gasteiger charge is 2.30. The molecule has 0 aliphatic rings. The Kier molecular flexibility index (Phi) is 7.88. The Morgan fingerprint density at radius 2 is 1.94 bits per heavy atom. The zero-order valence-electron chi connectivity index (χ0n) is 11.9. The second-order valence-corrected chi connectivity index (χ2v) is 6.72. The average Bonchev–Trinajstić information content (AvgIpc) is 2.15. The molecule has 0 aromatic carbocycles. The fourth-order valence-corrected chi connectivity index (χ4v) is 2.74. The number of amides is 1. The Hall–Kier alpha value is -0.220. The Morgan fingerprint density at radius 1 is 1.35 bits per heavy atom. The molecule has 0 radical (unpaired) electrons. The third kappa shape index (κ3) is 7.66. The monoisotopic (exact) mass is 260 g/mol. The van der Waals surface area contributed by atoms with Crippen LogP contribution < -0.4 is 11.1 Å². The van der Waals surface area contributed by atoms with E-state index in [4.69, 9.17) is 5.73 Å². The van der Waals surface area contributed by atoms with Crippen molar-refractivity contribution in [1.82, 2.24) is 5.32 Å². The quantitative estimate of drug-likeness (QED) is 0.626. The number of nitrogens with one attached hydrogen (secondary N) is 1. The lowest BCUT2D eigenvalue weighted by molar-refractivity contribution is -0.124. The summed E-state index contributed by atoms with van der Waals surface area (Å²) in [5.74, 6) is 2.77. The second kappa shape index (κ2) is 7.98. The molecule has 1 unspecified atom stereocenters. The first-order valence-electron chi connectivity index (χ1n) is 6.43. The summed E-state index contributed by atoms with van der Waals surface area (Å²) < 4.78 is 0. The Labute approximate surface area is 110 Å². The molecule has 0 aromatic rings. The zero-order chi connectivity index (χ0) is 13.5. The molecule has 0 aliphatic carbocycles. The molecular weight excluding hydrogens is 232 g/mol. The van der Waals surface area contributed by atoms with Gasteiger partial charge in [-0.3, -0.25) is 4.79 Å². The van der Waals surface area contributed by atoms with E-state index >= 15 is 0 Å². The fourth-order valence-electron chi connectivity index (χ4n) is 1.75. The molecule has 3 nitrogen and oxygen atoms in total. The molecule has 17 heavy (non-hydrogen) atoms. The summed E-state index contributed by atoms with van der Waals surface area (Å²) in [7, 11) is 0. The van der Waals surface area contributed by atoms with Gasteiger partial charge in [0.15, 0.2) is 0 Å². The first-order valence-corrected chi connectivity index (χ1v) is 7.58. The van der Waals surface area contributed by atoms with Gasteiger partial charge in [-0.05, 0) is 51.0 Å². The Balaban J connectivity index is 3.97. The molecule has 0 saturated heterocycles. The molecule has 0 aliphatic heterocycles. The highest BCUT2D eigenvalue weighted by Crippen LogP contribution is 2.17. The van der Waals surface area contributed by atoms with Gasteiger partial charge >= 0.3 is 0 Å². The number of hydrogen-bond donors (Lipinski definition) is 2. The van der Waals surface area contributed by atoms with Gasteiger partial charge in [0.25, 0.3) is 0 Å². The smallest absolute Gasteiger partial charge is 0.237 e. The molecule has 0 heterocycles. The van der Waals surface area contributed by atoms with Gasteiger partial charge < -0.3 is 11.1 Å². The lowest BCUT2D eigenvalue weighted by Crippen LogP contribution is -2.55. The summed E-state index contributed by atoms with van der Waals surface area (Å²) in [6, 6.07) is 0.274. The lowest BCUT2D eigenvalue weighted by Gasteiger charge is -2.29. The van der Waals surface area contributed by atoms with Gasteiger partial charge in [0.2, 0.25) is 5.91 Å². The van der Waals surface area contributed by atoms with Crippen LogP contribution >= 0.6 is 11.8 Å². The first kappa shape index (κ1) is 16.8. The minimum Gasteiger partial charge on any atom is -0.368 e. The summed E-state index contributed by atoms with van der Waals surface area (Å²) in [5.41, 5.74) is 4.91. The van der Waals surface area contributed by atoms with Gasteiger partial charge in [0.1, 0.15) is 0 Å². The maximum absolute atomic E-state index is 11.5. The summed E-state index contributed by atoms with van der Waals surface area (Å²) in [6.07, 6.45) is 1.84. The van der Waals surface area contributed by atoms with E-state index in [-0.39, 0.29) is 11.9 Å². The molecule has 0 rings (SSSR count). The van der Waals surface area contributed by atoms with Crippen molar-refractivity contribution in [1.29, 1.82) is 0 Å². The van der Waals surface area contributed by atoms with E-state index in [0.29, 0.717) is 0 Å². The number of carbonyl (C=O) groups excluding carboxylic acids is 1. The molecule has 0 fully saturated rings. The minimum atomic E-state index is -0.563. The van der Waals surface area contributed by atoms with Gasteiger partial charge in [-0.2, -0.15) is 11.8 Å². The third-order valence-corrected chi connectivity index (χ3v) is 4.05. The molecule has 0 aromatic heterocycles. The van der Waals surface area contributed by atoms with Gasteiger partial charge in [-0.25, -0.2) is 0 Å². The lowest BCUT2D eigenvalue weighted by atomic mass is 9.94. The number of thioether (sulfide) groups is 1. The Bertz CT molecular complexity index is 231. The van der Waals surface area contributed by atoms with Crippen LogP contribution in [0.15, 0.2) is 0 Å². The molecular formula is C13H28N2OS. The summed E-state index contributed by atoms with van der Waals surface area (Å²) in [6.45, 7) is 10.4. The largest absolute Gasteiger partial charge is 0.368 e. The highest BCUT2D eigenvalue weighted by atomic mass is 32.2. The second-order valence-electron chi connectivity index (χ2n) is 5.57. The summed E-state index contributed by atoms with van der Waals surface area (Å²) in [5, 5.41) is 3.27. The van der Waals surface area contributed by atoms with Crippen LogP contribution in [-0.2, 0) is 4.79 Å². The van der Waals surface area contributed by atoms with Gasteiger partial charge in [0, 0.05) is 6.04 Å². The van der Waals surface area contributed by atoms with Crippen LogP contribution in [0, 0.1) is 5.92 Å². The molecule has 1 atom stereocenters. The fraction of sp³-hybridized carbons (Fsp3) is 0.923. The van der Waals surface area contributed by atoms with Crippen LogP contribution in [-0.4, -0.2) is 29.0 Å². The van der Waals surface area contributed by atoms with E-state index in [2.05, 4.69) is 19.2 Å². The molecule has 0 saturated carbocycles. The van der Waals surface area contributed by atoms with E-state index in [0.717, 1.165) is 24.5 Å². The maximum Gasteiger partial charge on any atom is 0.237 e. The molecule has 0 bridgehead atoms. The highest BCUT2D eigenvalue weighted by molar-refractivity contribution is 7.99. The zero-order valence-corrected chi connectivity index (χ0v) is 12.7. The van der Waals surface area contributed by atoms with Crippen LogP contribution in [0.5, 0.6) is 0 Å². The van der Waals surface area contributed by atoms with E-state index in [1.165, 1.54) is 5.75 Å². The van der Waals surface area contributed by atoms with Crippen LogP contribution in [0.4, 0.5) is 0 Å². The normalized spacial score (nSPS) is 15.2. The number of carbonyl (C=O) groups is 1. The average molecular weight is 260 g/mol. The van der Waals surface area contributed by atoms with Crippen molar-refractivity contribution < 1.29 is 4.79 Å². The number of primary amides is 1. The van der Waals surface area contributed by atoms with Crippen molar-refractivity contribution in [3.05, 3.63) is 0 Å². The Morgan fingerprint density at radius 3 is 2.35 bits per heavy atom. The van der Waals surface area contributed by atoms with Crippen LogP contribution in [0.2, 0.25) is 0 Å². The van der Waals surface area contributed by atoms with Crippen molar-refractivity contribution in [2.24, 2.45) is 11.7 Å². The first-order chi connectivity index (χ1) is 7.78. The molecule has 1 amide bonds. The van der Waals surface area contributed by atoms with Crippen LogP contribution in [0.1, 0.15) is 47.5 Å². The van der Waals surface area contributed by atoms with Crippen molar-refractivity contribution >= 4 is 17.7 Å². The molecule has 4 heteroatoms. The predicted molar refractivity (Wildman–Crippen MR) is 77.3 cm³/mol. The van der Waals surface area contributed by atoms with Crippen molar-refractivity contribution in [3.8, 4) is 0 Å². The number of hydrogen-bond acceptors (Lipinski definition) is 3. The van der Waals surface area contributed by atoms with E-state index < -0.39 is 5.54 Å². The third-order valence-electron chi connectivity index (χ3n) is 2.57. The SMILES string of the molecule is CC(C)CSCCCC(C)(NC(C)C)C(N)=O. The van der Waals surface area contributed by atoms with Crippen LogP contribution in [0.25, 0.3) is 0 Å². The summed E-state index contributed by atoms with van der Waals surface area (Å²) >= 11 is 1.95. The molecule has 0 spiro atoms. The van der Waals surface area contributed by atoms with Gasteiger partial charge in [0.05, 0.1) is 5.54 Å². The minimum absolute atomic E-state index is 0.250. The maximum atomic E-state index is 11.5. The van der Waals surface area contributed by atoms with E-state index in [1.807, 2.05) is 32.5 Å².